The molecule has 3 heteroatoms. The van der Waals surface area contributed by atoms with Crippen LogP contribution in [0.4, 0.5) is 0 Å². The van der Waals surface area contributed by atoms with Gasteiger partial charge in [0, 0.05) is 19.1 Å². The molecule has 0 radical (unpaired) electrons. The van der Waals surface area contributed by atoms with E-state index in [1.165, 1.54) is 25.7 Å². The quantitative estimate of drug-likeness (QED) is 0.456. The third-order valence-corrected chi connectivity index (χ3v) is 4.12. The summed E-state index contributed by atoms with van der Waals surface area (Å²) < 4.78 is 0. The zero-order chi connectivity index (χ0) is 12.8. The van der Waals surface area contributed by atoms with Crippen molar-refractivity contribution in [3.05, 3.63) is 12.2 Å². The first kappa shape index (κ1) is 13.4. The molecule has 102 valence electrons. The lowest BCUT2D eigenvalue weighted by Gasteiger charge is -2.23. The van der Waals surface area contributed by atoms with Crippen LogP contribution in [0.15, 0.2) is 17.1 Å². The lowest BCUT2D eigenvalue weighted by atomic mass is 9.89. The molecule has 0 aromatic carbocycles. The van der Waals surface area contributed by atoms with Gasteiger partial charge in [-0.2, -0.15) is 0 Å². The van der Waals surface area contributed by atoms with E-state index in [-0.39, 0.29) is 0 Å². The van der Waals surface area contributed by atoms with Crippen molar-refractivity contribution in [1.29, 1.82) is 0 Å². The normalized spacial score (nSPS) is 23.6. The summed E-state index contributed by atoms with van der Waals surface area (Å²) in [6, 6.07) is 0.541. The molecule has 2 aliphatic rings. The molecule has 2 N–H and O–H groups in total. The van der Waals surface area contributed by atoms with Gasteiger partial charge >= 0.3 is 0 Å². The highest BCUT2D eigenvalue weighted by Gasteiger charge is 2.28. The van der Waals surface area contributed by atoms with Crippen molar-refractivity contribution >= 4 is 5.96 Å². The van der Waals surface area contributed by atoms with Crippen molar-refractivity contribution in [3.8, 4) is 0 Å². The van der Waals surface area contributed by atoms with Gasteiger partial charge in [-0.25, -0.2) is 0 Å². The van der Waals surface area contributed by atoms with Crippen LogP contribution >= 0.6 is 0 Å². The number of hydrogen-bond acceptors (Lipinski definition) is 1. The molecule has 0 bridgehead atoms. The van der Waals surface area contributed by atoms with Gasteiger partial charge < -0.3 is 10.6 Å². The van der Waals surface area contributed by atoms with Crippen LogP contribution in [-0.4, -0.2) is 25.1 Å². The Bertz CT molecular complexity index is 306. The lowest BCUT2D eigenvalue weighted by Crippen LogP contribution is -2.43. The van der Waals surface area contributed by atoms with Gasteiger partial charge in [-0.15, -0.1) is 0 Å². The molecule has 2 rings (SSSR count). The molecule has 0 aromatic heterocycles. The SMILES string of the molecule is CCNC(=NCC1(C)CCCC1)NC1CC=CC1. The molecule has 18 heavy (non-hydrogen) atoms. The highest BCUT2D eigenvalue weighted by molar-refractivity contribution is 5.80. The van der Waals surface area contributed by atoms with Gasteiger partial charge in [-0.1, -0.05) is 31.9 Å². The molecule has 0 spiro atoms. The number of aliphatic imine (C=N–C) groups is 1. The predicted octanol–water partition coefficient (Wildman–Crippen LogP) is 2.84. The largest absolute Gasteiger partial charge is 0.357 e. The van der Waals surface area contributed by atoms with Crippen molar-refractivity contribution in [3.63, 3.8) is 0 Å². The molecule has 0 atom stereocenters. The molecular weight excluding hydrogens is 222 g/mol. The van der Waals surface area contributed by atoms with Crippen LogP contribution < -0.4 is 10.6 Å². The summed E-state index contributed by atoms with van der Waals surface area (Å²) in [6.07, 6.45) is 12.2. The summed E-state index contributed by atoms with van der Waals surface area (Å²) in [5, 5.41) is 6.90. The van der Waals surface area contributed by atoms with Crippen LogP contribution in [0.5, 0.6) is 0 Å². The van der Waals surface area contributed by atoms with E-state index in [1.54, 1.807) is 0 Å². The molecule has 3 nitrogen and oxygen atoms in total. The monoisotopic (exact) mass is 249 g/mol. The van der Waals surface area contributed by atoms with Crippen molar-refractivity contribution in [2.24, 2.45) is 10.4 Å². The van der Waals surface area contributed by atoms with Crippen molar-refractivity contribution < 1.29 is 0 Å². The first-order valence-electron chi connectivity index (χ1n) is 7.42. The first-order valence-corrected chi connectivity index (χ1v) is 7.42. The highest BCUT2D eigenvalue weighted by atomic mass is 15.2. The lowest BCUT2D eigenvalue weighted by molar-refractivity contribution is 0.350. The minimum atomic E-state index is 0.441. The molecule has 2 aliphatic carbocycles. The maximum Gasteiger partial charge on any atom is 0.191 e. The summed E-state index contributed by atoms with van der Waals surface area (Å²) in [7, 11) is 0. The molecule has 0 aromatic rings. The smallest absolute Gasteiger partial charge is 0.191 e. The zero-order valence-corrected chi connectivity index (χ0v) is 11.8. The van der Waals surface area contributed by atoms with Gasteiger partial charge in [0.15, 0.2) is 5.96 Å². The average Bonchev–Trinajstić information content (AvgIpc) is 2.99. The second-order valence-corrected chi connectivity index (χ2v) is 6.00. The summed E-state index contributed by atoms with van der Waals surface area (Å²) in [4.78, 5) is 4.80. The van der Waals surface area contributed by atoms with Gasteiger partial charge in [0.2, 0.25) is 0 Å². The van der Waals surface area contributed by atoms with Gasteiger partial charge in [0.1, 0.15) is 0 Å². The molecular formula is C15H27N3. The topological polar surface area (TPSA) is 36.4 Å². The van der Waals surface area contributed by atoms with E-state index in [0.29, 0.717) is 11.5 Å². The average molecular weight is 249 g/mol. The van der Waals surface area contributed by atoms with Crippen molar-refractivity contribution in [2.45, 2.75) is 58.4 Å². The molecule has 0 unspecified atom stereocenters. The van der Waals surface area contributed by atoms with Gasteiger partial charge in [-0.05, 0) is 38.0 Å². The second kappa shape index (κ2) is 6.26. The Morgan fingerprint density at radius 1 is 1.28 bits per heavy atom. The summed E-state index contributed by atoms with van der Waals surface area (Å²) in [5.74, 6) is 0.999. The molecule has 0 amide bonds. The van der Waals surface area contributed by atoms with Gasteiger partial charge in [0.05, 0.1) is 0 Å². The molecule has 0 saturated heterocycles. The fourth-order valence-corrected chi connectivity index (χ4v) is 2.91. The van der Waals surface area contributed by atoms with E-state index < -0.39 is 0 Å². The standard InChI is InChI=1S/C15H27N3/c1-3-16-14(18-13-8-4-5-9-13)17-12-15(2)10-6-7-11-15/h4-5,13H,3,6-12H2,1-2H3,(H2,16,17,18). The Balaban J connectivity index is 1.86. The molecule has 0 aliphatic heterocycles. The summed E-state index contributed by atoms with van der Waals surface area (Å²) >= 11 is 0. The maximum atomic E-state index is 4.80. The molecule has 0 heterocycles. The Labute approximate surface area is 111 Å². The summed E-state index contributed by atoms with van der Waals surface area (Å²) in [6.45, 7) is 6.40. The number of nitrogens with one attached hydrogen (secondary N) is 2. The third kappa shape index (κ3) is 3.76. The van der Waals surface area contributed by atoms with Crippen LogP contribution in [-0.2, 0) is 0 Å². The van der Waals surface area contributed by atoms with E-state index in [1.807, 2.05) is 0 Å². The Hall–Kier alpha value is -0.990. The Morgan fingerprint density at radius 2 is 1.94 bits per heavy atom. The Kier molecular flexibility index (Phi) is 4.67. The zero-order valence-electron chi connectivity index (χ0n) is 11.8. The predicted molar refractivity (Wildman–Crippen MR) is 77.9 cm³/mol. The summed E-state index contributed by atoms with van der Waals surface area (Å²) in [5.41, 5.74) is 0.441. The highest BCUT2D eigenvalue weighted by Crippen LogP contribution is 2.37. The van der Waals surface area contributed by atoms with E-state index in [0.717, 1.165) is 31.9 Å². The van der Waals surface area contributed by atoms with E-state index in [9.17, 15) is 0 Å². The first-order chi connectivity index (χ1) is 8.72. The number of nitrogens with zero attached hydrogens (tertiary/aromatic N) is 1. The van der Waals surface area contributed by atoms with Crippen molar-refractivity contribution in [1.82, 2.24) is 10.6 Å². The van der Waals surface area contributed by atoms with Crippen LogP contribution in [0.1, 0.15) is 52.4 Å². The number of guanidine groups is 1. The van der Waals surface area contributed by atoms with E-state index in [4.69, 9.17) is 4.99 Å². The van der Waals surface area contributed by atoms with E-state index in [2.05, 4.69) is 36.6 Å². The number of rotatable bonds is 4. The fourth-order valence-electron chi connectivity index (χ4n) is 2.91. The van der Waals surface area contributed by atoms with Crippen LogP contribution in [0.3, 0.4) is 0 Å². The fraction of sp³-hybridized carbons (Fsp3) is 0.800. The van der Waals surface area contributed by atoms with Crippen LogP contribution in [0, 0.1) is 5.41 Å². The van der Waals surface area contributed by atoms with Gasteiger partial charge in [0.25, 0.3) is 0 Å². The second-order valence-electron chi connectivity index (χ2n) is 6.00. The molecule has 1 saturated carbocycles. The maximum absolute atomic E-state index is 4.80. The van der Waals surface area contributed by atoms with Crippen LogP contribution in [0.25, 0.3) is 0 Å². The van der Waals surface area contributed by atoms with Gasteiger partial charge in [-0.3, -0.25) is 4.99 Å². The minimum Gasteiger partial charge on any atom is -0.357 e. The third-order valence-electron chi connectivity index (χ3n) is 4.12. The molecule has 1 fully saturated rings. The van der Waals surface area contributed by atoms with E-state index >= 15 is 0 Å². The van der Waals surface area contributed by atoms with Crippen LogP contribution in [0.2, 0.25) is 0 Å². The Morgan fingerprint density at radius 3 is 2.56 bits per heavy atom. The van der Waals surface area contributed by atoms with Crippen molar-refractivity contribution in [2.75, 3.05) is 13.1 Å². The minimum absolute atomic E-state index is 0.441. The number of hydrogen-bond donors (Lipinski definition) is 2.